The van der Waals surface area contributed by atoms with Crippen LogP contribution in [0.2, 0.25) is 0 Å². The fourth-order valence-electron chi connectivity index (χ4n) is 3.90. The average molecular weight is 341 g/mol. The van der Waals surface area contributed by atoms with Crippen molar-refractivity contribution in [1.82, 2.24) is 15.1 Å². The molecule has 1 aromatic heterocycles. The number of carbonyl (C=O) groups is 1. The summed E-state index contributed by atoms with van der Waals surface area (Å²) in [6.45, 7) is 4.14. The van der Waals surface area contributed by atoms with Crippen molar-refractivity contribution < 1.29 is 9.90 Å². The predicted molar refractivity (Wildman–Crippen MR) is 97.3 cm³/mol. The molecular formula is C20H27N3O2. The molecule has 0 radical (unpaired) electrons. The summed E-state index contributed by atoms with van der Waals surface area (Å²) in [5.74, 6) is -0.0573. The molecule has 0 unspecified atom stereocenters. The van der Waals surface area contributed by atoms with E-state index in [2.05, 4.69) is 30.3 Å². The maximum absolute atomic E-state index is 12.7. The van der Waals surface area contributed by atoms with Crippen molar-refractivity contribution in [3.05, 3.63) is 52.3 Å². The van der Waals surface area contributed by atoms with Crippen LogP contribution in [-0.2, 0) is 37.5 Å². The highest BCUT2D eigenvalue weighted by atomic mass is 16.3. The van der Waals surface area contributed by atoms with Crippen LogP contribution in [0.5, 0.6) is 0 Å². The Labute approximate surface area is 149 Å². The highest BCUT2D eigenvalue weighted by molar-refractivity contribution is 5.79. The summed E-state index contributed by atoms with van der Waals surface area (Å²) in [5.41, 5.74) is 5.37. The minimum Gasteiger partial charge on any atom is -0.391 e. The maximum atomic E-state index is 12.7. The van der Waals surface area contributed by atoms with Crippen LogP contribution in [0.3, 0.4) is 0 Å². The fraction of sp³-hybridized carbons (Fsp3) is 0.500. The first-order chi connectivity index (χ1) is 12.0. The van der Waals surface area contributed by atoms with E-state index in [-0.39, 0.29) is 11.9 Å². The SMILES string of the molecule is CCc1nn(C)c(CC)c1CC(=O)N[C@H]1c2ccccc2CC[C@H]1O. The first kappa shape index (κ1) is 17.7. The Kier molecular flexibility index (Phi) is 5.23. The first-order valence-corrected chi connectivity index (χ1v) is 9.14. The van der Waals surface area contributed by atoms with Gasteiger partial charge in [0.1, 0.15) is 0 Å². The van der Waals surface area contributed by atoms with Gasteiger partial charge in [-0.3, -0.25) is 9.48 Å². The molecular weight excluding hydrogens is 314 g/mol. The molecule has 2 aromatic rings. The van der Waals surface area contributed by atoms with Gasteiger partial charge in [-0.25, -0.2) is 0 Å². The molecule has 1 aromatic carbocycles. The van der Waals surface area contributed by atoms with Crippen LogP contribution in [0.4, 0.5) is 0 Å². The molecule has 0 spiro atoms. The first-order valence-electron chi connectivity index (χ1n) is 9.14. The molecule has 1 amide bonds. The standard InChI is InChI=1S/C20H27N3O2/c1-4-16-15(17(5-2)23(3)22-16)12-19(25)21-20-14-9-7-6-8-13(14)10-11-18(20)24/h6-9,18,20,24H,4-5,10-12H2,1-3H3,(H,21,25)/t18-,20+/m1/s1. The number of hydrogen-bond donors (Lipinski definition) is 2. The Bertz CT molecular complexity index is 766. The van der Waals surface area contributed by atoms with E-state index in [1.54, 1.807) is 0 Å². The average Bonchev–Trinajstić information content (AvgIpc) is 2.92. The van der Waals surface area contributed by atoms with Crippen LogP contribution in [0.1, 0.15) is 54.4 Å². The molecule has 0 saturated heterocycles. The van der Waals surface area contributed by atoms with Crippen molar-refractivity contribution >= 4 is 5.91 Å². The van der Waals surface area contributed by atoms with Crippen LogP contribution < -0.4 is 5.32 Å². The highest BCUT2D eigenvalue weighted by Gasteiger charge is 2.29. The molecule has 1 heterocycles. The second-order valence-corrected chi connectivity index (χ2v) is 6.73. The smallest absolute Gasteiger partial charge is 0.225 e. The molecule has 134 valence electrons. The van der Waals surface area contributed by atoms with Gasteiger partial charge in [-0.1, -0.05) is 38.1 Å². The summed E-state index contributed by atoms with van der Waals surface area (Å²) in [5, 5.41) is 18.0. The number of aromatic nitrogens is 2. The summed E-state index contributed by atoms with van der Waals surface area (Å²) in [4.78, 5) is 12.7. The van der Waals surface area contributed by atoms with Crippen LogP contribution in [0.25, 0.3) is 0 Å². The Balaban J connectivity index is 1.80. The largest absolute Gasteiger partial charge is 0.391 e. The van der Waals surface area contributed by atoms with Gasteiger partial charge in [0.15, 0.2) is 0 Å². The van der Waals surface area contributed by atoms with E-state index in [1.165, 1.54) is 5.56 Å². The predicted octanol–water partition coefficient (Wildman–Crippen LogP) is 2.25. The van der Waals surface area contributed by atoms with E-state index < -0.39 is 6.10 Å². The number of fused-ring (bicyclic) bond motifs is 1. The second kappa shape index (κ2) is 7.40. The fourth-order valence-corrected chi connectivity index (χ4v) is 3.90. The monoisotopic (exact) mass is 341 g/mol. The summed E-state index contributed by atoms with van der Waals surface area (Å²) in [6, 6.07) is 7.71. The molecule has 1 aliphatic rings. The van der Waals surface area contributed by atoms with Gasteiger partial charge in [0, 0.05) is 18.3 Å². The topological polar surface area (TPSA) is 67.2 Å². The molecule has 3 rings (SSSR count). The van der Waals surface area contributed by atoms with Crippen molar-refractivity contribution in [1.29, 1.82) is 0 Å². The van der Waals surface area contributed by atoms with E-state index in [0.29, 0.717) is 12.8 Å². The number of rotatable bonds is 5. The minimum atomic E-state index is -0.538. The molecule has 5 nitrogen and oxygen atoms in total. The number of nitrogens with zero attached hydrogens (tertiary/aromatic N) is 2. The number of benzene rings is 1. The van der Waals surface area contributed by atoms with Crippen molar-refractivity contribution in [2.24, 2.45) is 7.05 Å². The zero-order valence-electron chi connectivity index (χ0n) is 15.2. The van der Waals surface area contributed by atoms with Gasteiger partial charge in [0.2, 0.25) is 5.91 Å². The molecule has 25 heavy (non-hydrogen) atoms. The van der Waals surface area contributed by atoms with E-state index in [4.69, 9.17) is 0 Å². The van der Waals surface area contributed by atoms with Gasteiger partial charge in [0.05, 0.1) is 24.3 Å². The summed E-state index contributed by atoms with van der Waals surface area (Å²) in [6.07, 6.45) is 2.96. The van der Waals surface area contributed by atoms with E-state index in [0.717, 1.165) is 41.8 Å². The van der Waals surface area contributed by atoms with Crippen molar-refractivity contribution in [3.63, 3.8) is 0 Å². The lowest BCUT2D eigenvalue weighted by Crippen LogP contribution is -2.40. The lowest BCUT2D eigenvalue weighted by molar-refractivity contribution is -0.122. The van der Waals surface area contributed by atoms with Crippen LogP contribution >= 0.6 is 0 Å². The van der Waals surface area contributed by atoms with Crippen molar-refractivity contribution in [2.75, 3.05) is 0 Å². The van der Waals surface area contributed by atoms with Crippen molar-refractivity contribution in [3.8, 4) is 0 Å². The van der Waals surface area contributed by atoms with Gasteiger partial charge in [-0.15, -0.1) is 0 Å². The van der Waals surface area contributed by atoms with Gasteiger partial charge in [0.25, 0.3) is 0 Å². The molecule has 0 bridgehead atoms. The quantitative estimate of drug-likeness (QED) is 0.876. The Hall–Kier alpha value is -2.14. The number of hydrogen-bond acceptors (Lipinski definition) is 3. The summed E-state index contributed by atoms with van der Waals surface area (Å²) in [7, 11) is 1.93. The Morgan fingerprint density at radius 2 is 2.08 bits per heavy atom. The number of aliphatic hydroxyl groups is 1. The highest BCUT2D eigenvalue weighted by Crippen LogP contribution is 2.30. The molecule has 0 saturated carbocycles. The molecule has 1 aliphatic carbocycles. The van der Waals surface area contributed by atoms with Crippen LogP contribution in [-0.4, -0.2) is 26.9 Å². The van der Waals surface area contributed by atoms with Gasteiger partial charge >= 0.3 is 0 Å². The number of aliphatic hydroxyl groups excluding tert-OH is 1. The molecule has 5 heteroatoms. The van der Waals surface area contributed by atoms with Gasteiger partial charge < -0.3 is 10.4 Å². The number of amides is 1. The van der Waals surface area contributed by atoms with Crippen molar-refractivity contribution in [2.45, 2.75) is 58.1 Å². The van der Waals surface area contributed by atoms with Crippen LogP contribution in [0, 0.1) is 0 Å². The van der Waals surface area contributed by atoms with Gasteiger partial charge in [-0.2, -0.15) is 5.10 Å². The number of carbonyl (C=O) groups excluding carboxylic acids is 1. The lowest BCUT2D eigenvalue weighted by Gasteiger charge is -2.31. The van der Waals surface area contributed by atoms with E-state index in [9.17, 15) is 9.90 Å². The summed E-state index contributed by atoms with van der Waals surface area (Å²) < 4.78 is 1.88. The normalized spacial score (nSPS) is 19.5. The van der Waals surface area contributed by atoms with E-state index >= 15 is 0 Å². The van der Waals surface area contributed by atoms with E-state index in [1.807, 2.05) is 29.9 Å². The minimum absolute atomic E-state index is 0.0573. The molecule has 0 fully saturated rings. The third kappa shape index (κ3) is 3.47. The third-order valence-electron chi connectivity index (χ3n) is 5.17. The Morgan fingerprint density at radius 1 is 1.32 bits per heavy atom. The number of nitrogens with one attached hydrogen (secondary N) is 1. The zero-order valence-corrected chi connectivity index (χ0v) is 15.2. The van der Waals surface area contributed by atoms with Gasteiger partial charge in [-0.05, 0) is 36.8 Å². The molecule has 2 N–H and O–H groups in total. The molecule has 2 atom stereocenters. The second-order valence-electron chi connectivity index (χ2n) is 6.73. The maximum Gasteiger partial charge on any atom is 0.225 e. The summed E-state index contributed by atoms with van der Waals surface area (Å²) >= 11 is 0. The number of aryl methyl sites for hydroxylation is 3. The molecule has 0 aliphatic heterocycles. The van der Waals surface area contributed by atoms with Crippen LogP contribution in [0.15, 0.2) is 24.3 Å². The lowest BCUT2D eigenvalue weighted by atomic mass is 9.85. The zero-order chi connectivity index (χ0) is 18.0. The Morgan fingerprint density at radius 3 is 2.80 bits per heavy atom. The third-order valence-corrected chi connectivity index (χ3v) is 5.17.